The topological polar surface area (TPSA) is 108 Å². The molecule has 0 fully saturated rings. The summed E-state index contributed by atoms with van der Waals surface area (Å²) in [4.78, 5) is 35.5. The van der Waals surface area contributed by atoms with Crippen LogP contribution in [0.1, 0.15) is 226 Å². The van der Waals surface area contributed by atoms with Crippen LogP contribution < -0.4 is 0 Å². The summed E-state index contributed by atoms with van der Waals surface area (Å²) in [6.07, 6.45) is 46.5. The van der Waals surface area contributed by atoms with Crippen LogP contribution in [0.25, 0.3) is 0 Å². The van der Waals surface area contributed by atoms with Gasteiger partial charge in [-0.05, 0) is 64.2 Å². The third-order valence-corrected chi connectivity index (χ3v) is 11.7. The summed E-state index contributed by atoms with van der Waals surface area (Å²) in [6.45, 7) is 4.43. The molecule has 0 bridgehead atoms. The van der Waals surface area contributed by atoms with Crippen LogP contribution in [0.15, 0.2) is 24.3 Å². The number of hydrogen-bond acceptors (Lipinski definition) is 7. The minimum atomic E-state index is -4.38. The average molecular weight is 857 g/mol. The molecule has 2 atom stereocenters. The van der Waals surface area contributed by atoms with Gasteiger partial charge in [-0.25, -0.2) is 4.57 Å². The van der Waals surface area contributed by atoms with Gasteiger partial charge in [-0.1, -0.05) is 173 Å². The molecule has 2 unspecified atom stereocenters. The predicted octanol–water partition coefficient (Wildman–Crippen LogP) is 14.3. The molecule has 0 aromatic carbocycles. The van der Waals surface area contributed by atoms with E-state index in [4.69, 9.17) is 18.5 Å². The van der Waals surface area contributed by atoms with Crippen LogP contribution in [-0.2, 0) is 32.7 Å². The van der Waals surface area contributed by atoms with Crippen molar-refractivity contribution in [2.24, 2.45) is 0 Å². The summed E-state index contributed by atoms with van der Waals surface area (Å²) in [5.74, 6) is -0.800. The van der Waals surface area contributed by atoms with Crippen LogP contribution in [0.2, 0.25) is 0 Å². The predicted molar refractivity (Wildman–Crippen MR) is 247 cm³/mol. The van der Waals surface area contributed by atoms with E-state index in [1.165, 1.54) is 148 Å². The zero-order valence-electron chi connectivity index (χ0n) is 39.2. The maximum absolute atomic E-state index is 12.7. The van der Waals surface area contributed by atoms with Gasteiger partial charge in [-0.2, -0.15) is 0 Å². The number of ether oxygens (including phenoxy) is 2. The SMILES string of the molecule is CCCCCCCC/C=C\CCCCCCCCCC(=O)OCC(COP(=O)(O)OCC[N+](C)(C)C)OC(=O)CCCCCCCCC/C=C\CCCCCCCCC. The Morgan fingerprint density at radius 1 is 0.508 bits per heavy atom. The highest BCUT2D eigenvalue weighted by molar-refractivity contribution is 7.47. The number of carbonyl (C=O) groups is 2. The molecule has 1 N–H and O–H groups in total. The second-order valence-corrected chi connectivity index (χ2v) is 19.3. The number of phosphoric acid groups is 1. The first-order chi connectivity index (χ1) is 28.5. The number of phosphoric ester groups is 1. The first-order valence-electron chi connectivity index (χ1n) is 24.6. The molecule has 0 rings (SSSR count). The molecule has 59 heavy (non-hydrogen) atoms. The normalized spacial score (nSPS) is 13.7. The second kappa shape index (κ2) is 41.8. The van der Waals surface area contributed by atoms with Gasteiger partial charge in [-0.15, -0.1) is 0 Å². The number of likely N-dealkylation sites (N-methyl/N-ethyl adjacent to an activating group) is 1. The monoisotopic (exact) mass is 857 g/mol. The van der Waals surface area contributed by atoms with Crippen molar-refractivity contribution in [3.05, 3.63) is 24.3 Å². The van der Waals surface area contributed by atoms with Gasteiger partial charge >= 0.3 is 19.8 Å². The highest BCUT2D eigenvalue weighted by Gasteiger charge is 2.27. The van der Waals surface area contributed by atoms with Crippen molar-refractivity contribution >= 4 is 19.8 Å². The van der Waals surface area contributed by atoms with Gasteiger partial charge in [0.2, 0.25) is 0 Å². The number of quaternary nitrogens is 1. The molecule has 0 heterocycles. The van der Waals surface area contributed by atoms with Gasteiger partial charge in [0.25, 0.3) is 0 Å². The van der Waals surface area contributed by atoms with E-state index in [0.29, 0.717) is 17.4 Å². The van der Waals surface area contributed by atoms with Crippen molar-refractivity contribution in [1.29, 1.82) is 0 Å². The highest BCUT2D eigenvalue weighted by atomic mass is 31.2. The number of esters is 2. The lowest BCUT2D eigenvalue weighted by Gasteiger charge is -2.24. The third kappa shape index (κ3) is 45.8. The Kier molecular flexibility index (Phi) is 40.8. The Balaban J connectivity index is 4.29. The van der Waals surface area contributed by atoms with Crippen LogP contribution in [0.4, 0.5) is 0 Å². The first kappa shape index (κ1) is 57.5. The van der Waals surface area contributed by atoms with Gasteiger partial charge < -0.3 is 18.9 Å². The molecule has 0 aliphatic rings. The summed E-state index contributed by atoms with van der Waals surface area (Å²) < 4.78 is 34.4. The van der Waals surface area contributed by atoms with E-state index in [-0.39, 0.29) is 32.0 Å². The van der Waals surface area contributed by atoms with Crippen LogP contribution in [-0.4, -0.2) is 74.9 Å². The number of unbranched alkanes of at least 4 members (excludes halogenated alkanes) is 27. The van der Waals surface area contributed by atoms with Crippen molar-refractivity contribution in [1.82, 2.24) is 0 Å². The quantitative estimate of drug-likeness (QED) is 0.0212. The average Bonchev–Trinajstić information content (AvgIpc) is 3.19. The summed E-state index contributed by atoms with van der Waals surface area (Å²) in [7, 11) is 1.48. The first-order valence-corrected chi connectivity index (χ1v) is 26.1. The lowest BCUT2D eigenvalue weighted by atomic mass is 10.1. The van der Waals surface area contributed by atoms with E-state index in [2.05, 4.69) is 38.2 Å². The molecule has 348 valence electrons. The fraction of sp³-hybridized carbons (Fsp3) is 0.878. The Morgan fingerprint density at radius 2 is 0.864 bits per heavy atom. The number of rotatable bonds is 45. The molecule has 0 aromatic rings. The summed E-state index contributed by atoms with van der Waals surface area (Å²) in [6, 6.07) is 0. The van der Waals surface area contributed by atoms with Crippen LogP contribution in [0, 0.1) is 0 Å². The van der Waals surface area contributed by atoms with Gasteiger partial charge in [-0.3, -0.25) is 18.6 Å². The molecular weight excluding hydrogens is 762 g/mol. The number of hydrogen-bond donors (Lipinski definition) is 1. The van der Waals surface area contributed by atoms with Crippen molar-refractivity contribution in [3.8, 4) is 0 Å². The fourth-order valence-corrected chi connectivity index (χ4v) is 7.57. The van der Waals surface area contributed by atoms with E-state index in [0.717, 1.165) is 44.9 Å². The summed E-state index contributed by atoms with van der Waals surface area (Å²) >= 11 is 0. The van der Waals surface area contributed by atoms with E-state index >= 15 is 0 Å². The Morgan fingerprint density at radius 3 is 1.25 bits per heavy atom. The maximum atomic E-state index is 12.7. The number of carbonyl (C=O) groups excluding carboxylic acids is 2. The largest absolute Gasteiger partial charge is 0.472 e. The smallest absolute Gasteiger partial charge is 0.462 e. The summed E-state index contributed by atoms with van der Waals surface area (Å²) in [5, 5.41) is 0. The highest BCUT2D eigenvalue weighted by Crippen LogP contribution is 2.43. The van der Waals surface area contributed by atoms with Crippen LogP contribution in [0.5, 0.6) is 0 Å². The van der Waals surface area contributed by atoms with Crippen LogP contribution in [0.3, 0.4) is 0 Å². The molecule has 0 aliphatic heterocycles. The third-order valence-electron chi connectivity index (χ3n) is 10.7. The number of allylic oxidation sites excluding steroid dienone is 4. The van der Waals surface area contributed by atoms with E-state index in [9.17, 15) is 19.0 Å². The van der Waals surface area contributed by atoms with Crippen molar-refractivity contribution < 1.29 is 42.1 Å². The number of nitrogens with zero attached hydrogens (tertiary/aromatic N) is 1. The lowest BCUT2D eigenvalue weighted by Crippen LogP contribution is -2.37. The molecule has 0 spiro atoms. The van der Waals surface area contributed by atoms with E-state index in [1.54, 1.807) is 0 Å². The molecule has 0 radical (unpaired) electrons. The van der Waals surface area contributed by atoms with Crippen molar-refractivity contribution in [2.75, 3.05) is 47.5 Å². The maximum Gasteiger partial charge on any atom is 0.472 e. The fourth-order valence-electron chi connectivity index (χ4n) is 6.83. The minimum absolute atomic E-state index is 0.0316. The standard InChI is InChI=1S/C49H94NO8P/c1-6-8-10-12-14-16-18-20-22-24-26-28-30-32-34-36-38-40-42-49(52)58-47(46-57-59(53,54)56-44-43-50(3,4)5)45-55-48(51)41-39-37-35-33-31-29-27-25-23-21-19-17-15-13-11-9-7-2/h21-24,47H,6-20,25-46H2,1-5H3/p+1/b23-21-,24-22-. The molecule has 0 aromatic heterocycles. The summed E-state index contributed by atoms with van der Waals surface area (Å²) in [5.41, 5.74) is 0. The molecule has 0 amide bonds. The van der Waals surface area contributed by atoms with E-state index < -0.39 is 26.5 Å². The zero-order chi connectivity index (χ0) is 43.6. The molecule has 9 nitrogen and oxygen atoms in total. The van der Waals surface area contributed by atoms with Gasteiger partial charge in [0.15, 0.2) is 6.10 Å². The Labute approximate surface area is 364 Å². The van der Waals surface area contributed by atoms with Crippen LogP contribution >= 0.6 is 7.82 Å². The molecule has 0 saturated carbocycles. The molecule has 10 heteroatoms. The van der Waals surface area contributed by atoms with E-state index in [1.807, 2.05) is 21.1 Å². The van der Waals surface area contributed by atoms with Crippen molar-refractivity contribution in [3.63, 3.8) is 0 Å². The minimum Gasteiger partial charge on any atom is -0.462 e. The van der Waals surface area contributed by atoms with Gasteiger partial charge in [0.05, 0.1) is 27.7 Å². The van der Waals surface area contributed by atoms with Crippen molar-refractivity contribution in [2.45, 2.75) is 232 Å². The Bertz CT molecular complexity index is 1060. The molecule has 0 aliphatic carbocycles. The van der Waals surface area contributed by atoms with Gasteiger partial charge in [0, 0.05) is 12.8 Å². The molecular formula is C49H95NO8P+. The Hall–Kier alpha value is -1.51. The lowest BCUT2D eigenvalue weighted by molar-refractivity contribution is -0.870. The zero-order valence-corrected chi connectivity index (χ0v) is 40.1. The second-order valence-electron chi connectivity index (χ2n) is 17.8. The van der Waals surface area contributed by atoms with Gasteiger partial charge in [0.1, 0.15) is 19.8 Å². The molecule has 0 saturated heterocycles.